The molecule has 0 saturated heterocycles. The summed E-state index contributed by atoms with van der Waals surface area (Å²) in [4.78, 5) is 64.0. The monoisotopic (exact) mass is 447 g/mol. The zero-order chi connectivity index (χ0) is 19.6. The van der Waals surface area contributed by atoms with Crippen LogP contribution in [0.15, 0.2) is 0 Å². The van der Waals surface area contributed by atoms with Crippen molar-refractivity contribution in [3.8, 4) is 0 Å². The summed E-state index contributed by atoms with van der Waals surface area (Å²) in [5.41, 5.74) is 0. The molecule has 0 spiro atoms. The van der Waals surface area contributed by atoms with Gasteiger partial charge in [-0.1, -0.05) is 19.6 Å². The molecule has 1 radical (unpaired) electrons. The second kappa shape index (κ2) is 613. The fourth-order valence-corrected chi connectivity index (χ4v) is 0. The Labute approximate surface area is 236 Å². The van der Waals surface area contributed by atoms with Crippen LogP contribution in [-0.4, -0.2) is 63.1 Å². The van der Waals surface area contributed by atoms with Crippen molar-refractivity contribution in [3.05, 3.63) is 0 Å². The Morgan fingerprint density at radius 3 is 0.391 bits per heavy atom. The van der Waals surface area contributed by atoms with Crippen molar-refractivity contribution in [1.29, 1.82) is 0 Å². The van der Waals surface area contributed by atoms with E-state index in [0.29, 0.717) is 0 Å². The normalized spacial score (nSPS) is 2.96. The van der Waals surface area contributed by atoms with Gasteiger partial charge in [-0.05, 0) is 0 Å². The molecule has 8 nitrogen and oxygen atoms in total. The molecule has 0 N–H and O–H groups in total. The maximum absolute atomic E-state index is 8.00. The first-order valence-electron chi connectivity index (χ1n) is 3.81. The van der Waals surface area contributed by atoms with E-state index in [9.17, 15) is 0 Å². The van der Waals surface area contributed by atoms with Crippen molar-refractivity contribution in [1.82, 2.24) is 0 Å². The molecule has 0 atom stereocenters. The van der Waals surface area contributed by atoms with Gasteiger partial charge in [0.2, 0.25) is 0 Å². The van der Waals surface area contributed by atoms with E-state index >= 15 is 0 Å². The van der Waals surface area contributed by atoms with Crippen LogP contribution < -0.4 is 103 Å². The van der Waals surface area contributed by atoms with Crippen LogP contribution in [0.1, 0.15) is 0 Å². The topological polar surface area (TPSA) is 137 Å². The Morgan fingerprint density at radius 1 is 0.391 bits per heavy atom. The second-order valence-electron chi connectivity index (χ2n) is 1.50. The maximum atomic E-state index is 8.00. The maximum Gasteiger partial charge on any atom is 1.00 e. The largest absolute Gasteiger partial charge is 1.00 e. The Balaban J connectivity index is -0.00000000593. The SMILES string of the molecule is C=O.C=O.C=O.C=O.C=O.C=O.C=O.C=O.C[Si](C)C.[Fe].[K+].[K+]. The summed E-state index contributed by atoms with van der Waals surface area (Å²) in [5, 5.41) is 0. The zero-order valence-corrected chi connectivity index (χ0v) is 23.1. The number of carbonyl (C=O) groups excluding carboxylic acids is 8. The molecule has 12 heteroatoms. The Morgan fingerprint density at radius 2 is 0.391 bits per heavy atom. The van der Waals surface area contributed by atoms with E-state index in [1.54, 1.807) is 0 Å². The van der Waals surface area contributed by atoms with Gasteiger partial charge in [0.15, 0.2) is 0 Å². The first-order chi connectivity index (χ1) is 9.73. The van der Waals surface area contributed by atoms with E-state index in [1.165, 1.54) is 0 Å². The third kappa shape index (κ3) is 5690. The van der Waals surface area contributed by atoms with E-state index in [0.717, 1.165) is 0 Å². The van der Waals surface area contributed by atoms with E-state index < -0.39 is 0 Å². The fourth-order valence-electron chi connectivity index (χ4n) is 0. The summed E-state index contributed by atoms with van der Waals surface area (Å²) in [6.07, 6.45) is 0. The van der Waals surface area contributed by atoms with Gasteiger partial charge in [-0.25, -0.2) is 0 Å². The summed E-state index contributed by atoms with van der Waals surface area (Å²) in [5.74, 6) is 0. The molecule has 0 heterocycles. The third-order valence-electron chi connectivity index (χ3n) is 0. The summed E-state index contributed by atoms with van der Waals surface area (Å²) in [6.45, 7) is 22.8. The van der Waals surface area contributed by atoms with Crippen molar-refractivity contribution >= 4 is 63.1 Å². The molecule has 0 aromatic carbocycles. The average Bonchev–Trinajstić information content (AvgIpc) is 2.61. The minimum Gasteiger partial charge on any atom is -0.307 e. The van der Waals surface area contributed by atoms with Crippen LogP contribution in [0.3, 0.4) is 0 Å². The van der Waals surface area contributed by atoms with Gasteiger partial charge in [-0.3, -0.25) is 0 Å². The molecule has 0 aliphatic carbocycles. The fraction of sp³-hybridized carbons (Fsp3) is 0.273. The molecule has 0 fully saturated rings. The quantitative estimate of drug-likeness (QED) is 0.335. The van der Waals surface area contributed by atoms with Gasteiger partial charge >= 0.3 is 103 Å². The van der Waals surface area contributed by atoms with Crippen LogP contribution in [0.2, 0.25) is 19.6 Å². The molecule has 23 heavy (non-hydrogen) atoms. The Hall–Kier alpha value is 1.37. The number of hydrogen-bond donors (Lipinski definition) is 0. The summed E-state index contributed by atoms with van der Waals surface area (Å²) in [7, 11) is 0.120. The molecule has 0 aliphatic heterocycles. The number of carbonyl (C=O) groups is 8. The minimum atomic E-state index is 0. The van der Waals surface area contributed by atoms with Gasteiger partial charge in [0.25, 0.3) is 0 Å². The average molecular weight is 447 g/mol. The van der Waals surface area contributed by atoms with Crippen LogP contribution in [0.25, 0.3) is 0 Å². The molecule has 0 aliphatic rings. The van der Waals surface area contributed by atoms with Crippen LogP contribution in [-0.2, 0) is 55.4 Å². The van der Waals surface area contributed by atoms with Crippen LogP contribution in [0, 0.1) is 0 Å². The predicted molar refractivity (Wildman–Crippen MR) is 80.3 cm³/mol. The number of rotatable bonds is 0. The van der Waals surface area contributed by atoms with Crippen LogP contribution >= 0.6 is 0 Å². The zero-order valence-electron chi connectivity index (χ0n) is 14.8. The van der Waals surface area contributed by atoms with Gasteiger partial charge in [0.05, 0.1) is 0 Å². The van der Waals surface area contributed by atoms with Crippen LogP contribution in [0.4, 0.5) is 0 Å². The minimum absolute atomic E-state index is 0. The van der Waals surface area contributed by atoms with E-state index in [4.69, 9.17) is 38.4 Å². The second-order valence-corrected chi connectivity index (χ2v) is 4.50. The van der Waals surface area contributed by atoms with Crippen molar-refractivity contribution in [2.45, 2.75) is 19.6 Å². The molecule has 129 valence electrons. The van der Waals surface area contributed by atoms with Gasteiger partial charge in [0.1, 0.15) is 54.3 Å². The molecule has 0 aromatic rings. The molecule has 0 bridgehead atoms. The van der Waals surface area contributed by atoms with Crippen LogP contribution in [0.5, 0.6) is 0 Å². The molecule has 0 aromatic heterocycles. The van der Waals surface area contributed by atoms with Crippen molar-refractivity contribution in [2.75, 3.05) is 0 Å². The molecule has 0 unspecified atom stereocenters. The molecule has 0 amide bonds. The first-order valence-corrected chi connectivity index (χ1v) is 6.81. The van der Waals surface area contributed by atoms with Crippen molar-refractivity contribution in [2.24, 2.45) is 0 Å². The molecule has 0 saturated carbocycles. The first kappa shape index (κ1) is 87.0. The van der Waals surface area contributed by atoms with Gasteiger partial charge < -0.3 is 38.4 Å². The molecular formula is C11H25FeK2O8Si+2. The third-order valence-corrected chi connectivity index (χ3v) is 0. The van der Waals surface area contributed by atoms with Gasteiger partial charge in [0, 0.05) is 25.9 Å². The summed E-state index contributed by atoms with van der Waals surface area (Å²) < 4.78 is 0. The number of hydrogen-bond acceptors (Lipinski definition) is 8. The molecular weight excluding hydrogens is 422 g/mol. The Kier molecular flexibility index (Phi) is 2320. The smallest absolute Gasteiger partial charge is 0.307 e. The standard InChI is InChI=1S/C3H9Si.8CH2O.Fe.2K/c1-4(2)3;8*1-2;;;/h1-3H3;8*1H2;;;/q;;;;;;;;;;2*+1. The van der Waals surface area contributed by atoms with Crippen molar-refractivity contribution < 1.29 is 158 Å². The predicted octanol–water partition coefficient (Wildman–Crippen LogP) is -6.10. The van der Waals surface area contributed by atoms with E-state index in [2.05, 4.69) is 19.6 Å². The summed E-state index contributed by atoms with van der Waals surface area (Å²) in [6, 6.07) is 0. The molecule has 0 rings (SSSR count). The summed E-state index contributed by atoms with van der Waals surface area (Å²) >= 11 is 0. The van der Waals surface area contributed by atoms with E-state index in [-0.39, 0.29) is 129 Å². The van der Waals surface area contributed by atoms with Gasteiger partial charge in [-0.2, -0.15) is 0 Å². The van der Waals surface area contributed by atoms with E-state index in [1.807, 2.05) is 54.3 Å². The van der Waals surface area contributed by atoms with Gasteiger partial charge in [-0.15, -0.1) is 0 Å². The Bertz CT molecular complexity index is 87.3. The van der Waals surface area contributed by atoms with Crippen molar-refractivity contribution in [3.63, 3.8) is 0 Å².